The Morgan fingerprint density at radius 1 is 0.815 bits per heavy atom. The summed E-state index contributed by atoms with van der Waals surface area (Å²) in [5.74, 6) is 0.923. The first-order valence-electron chi connectivity index (χ1n) is 9.73. The fourth-order valence-corrected chi connectivity index (χ4v) is 3.02. The zero-order chi connectivity index (χ0) is 18.9. The smallest absolute Gasteiger partial charge is 0.120 e. The van der Waals surface area contributed by atoms with E-state index in [1.54, 1.807) is 0 Å². The van der Waals surface area contributed by atoms with E-state index in [0.29, 0.717) is 12.6 Å². The normalized spacial score (nSPS) is 11.9. The van der Waals surface area contributed by atoms with E-state index in [4.69, 9.17) is 4.74 Å². The zero-order valence-electron chi connectivity index (χ0n) is 16.3. The van der Waals surface area contributed by atoms with Crippen molar-refractivity contribution in [3.05, 3.63) is 101 Å². The largest absolute Gasteiger partial charge is 0.489 e. The molecule has 0 aromatic heterocycles. The molecule has 3 aromatic carbocycles. The summed E-state index contributed by atoms with van der Waals surface area (Å²) >= 11 is 0. The van der Waals surface area contributed by atoms with E-state index in [-0.39, 0.29) is 0 Å². The van der Waals surface area contributed by atoms with Crippen molar-refractivity contribution in [2.45, 2.75) is 45.9 Å². The van der Waals surface area contributed by atoms with E-state index in [1.165, 1.54) is 22.3 Å². The molecule has 2 nitrogen and oxygen atoms in total. The molecule has 0 radical (unpaired) electrons. The molecule has 27 heavy (non-hydrogen) atoms. The van der Waals surface area contributed by atoms with Crippen LogP contribution >= 0.6 is 0 Å². The van der Waals surface area contributed by atoms with Crippen molar-refractivity contribution in [3.8, 4) is 5.75 Å². The summed E-state index contributed by atoms with van der Waals surface area (Å²) in [5.41, 5.74) is 5.12. The summed E-state index contributed by atoms with van der Waals surface area (Å²) in [6.45, 7) is 5.81. The fourth-order valence-electron chi connectivity index (χ4n) is 3.02. The molecule has 0 amide bonds. The Kier molecular flexibility index (Phi) is 7.06. The summed E-state index contributed by atoms with van der Waals surface area (Å²) < 4.78 is 5.96. The lowest BCUT2D eigenvalue weighted by Crippen LogP contribution is -2.25. The SMILES string of the molecule is Cc1ccc(COc2cccc(CN[C@@H](C)CCc3ccccc3)c2)cc1. The van der Waals surface area contributed by atoms with E-state index in [1.807, 2.05) is 6.07 Å². The Hall–Kier alpha value is -2.58. The van der Waals surface area contributed by atoms with Gasteiger partial charge in [-0.2, -0.15) is 0 Å². The second kappa shape index (κ2) is 9.94. The van der Waals surface area contributed by atoms with Crippen LogP contribution in [0.1, 0.15) is 35.6 Å². The van der Waals surface area contributed by atoms with Gasteiger partial charge in [0.1, 0.15) is 12.4 Å². The molecular formula is C25H29NO. The molecule has 0 aliphatic rings. The van der Waals surface area contributed by atoms with Gasteiger partial charge >= 0.3 is 0 Å². The second-order valence-corrected chi connectivity index (χ2v) is 7.23. The molecule has 2 heteroatoms. The van der Waals surface area contributed by atoms with E-state index in [9.17, 15) is 0 Å². The highest BCUT2D eigenvalue weighted by Crippen LogP contribution is 2.16. The van der Waals surface area contributed by atoms with E-state index in [2.05, 4.69) is 92.0 Å². The second-order valence-electron chi connectivity index (χ2n) is 7.23. The predicted molar refractivity (Wildman–Crippen MR) is 113 cm³/mol. The van der Waals surface area contributed by atoms with Crippen LogP contribution in [-0.4, -0.2) is 6.04 Å². The lowest BCUT2D eigenvalue weighted by atomic mass is 10.1. The summed E-state index contributed by atoms with van der Waals surface area (Å²) in [4.78, 5) is 0. The average molecular weight is 360 g/mol. The van der Waals surface area contributed by atoms with Crippen LogP contribution in [0.3, 0.4) is 0 Å². The maximum Gasteiger partial charge on any atom is 0.120 e. The van der Waals surface area contributed by atoms with Gasteiger partial charge in [-0.3, -0.25) is 0 Å². The topological polar surface area (TPSA) is 21.3 Å². The minimum absolute atomic E-state index is 0.474. The van der Waals surface area contributed by atoms with Gasteiger partial charge in [-0.15, -0.1) is 0 Å². The number of ether oxygens (including phenoxy) is 1. The minimum Gasteiger partial charge on any atom is -0.489 e. The summed E-state index contributed by atoms with van der Waals surface area (Å²) in [5, 5.41) is 3.62. The maximum atomic E-state index is 5.96. The lowest BCUT2D eigenvalue weighted by Gasteiger charge is -2.14. The number of hydrogen-bond acceptors (Lipinski definition) is 2. The van der Waals surface area contributed by atoms with Gasteiger partial charge in [-0.1, -0.05) is 72.3 Å². The van der Waals surface area contributed by atoms with Crippen molar-refractivity contribution in [2.24, 2.45) is 0 Å². The number of aryl methyl sites for hydroxylation is 2. The molecule has 0 aliphatic heterocycles. The van der Waals surface area contributed by atoms with Crippen LogP contribution in [-0.2, 0) is 19.6 Å². The number of benzene rings is 3. The summed E-state index contributed by atoms with van der Waals surface area (Å²) in [6, 6.07) is 28.0. The Balaban J connectivity index is 1.44. The average Bonchev–Trinajstić information content (AvgIpc) is 2.71. The highest BCUT2D eigenvalue weighted by molar-refractivity contribution is 5.29. The van der Waals surface area contributed by atoms with Crippen LogP contribution in [0.5, 0.6) is 5.75 Å². The Morgan fingerprint density at radius 3 is 2.33 bits per heavy atom. The van der Waals surface area contributed by atoms with Gasteiger partial charge in [0.05, 0.1) is 0 Å². The molecule has 1 atom stereocenters. The molecule has 3 rings (SSSR count). The molecule has 0 saturated heterocycles. The van der Waals surface area contributed by atoms with Gasteiger partial charge in [-0.05, 0) is 55.5 Å². The molecule has 0 saturated carbocycles. The van der Waals surface area contributed by atoms with Crippen LogP contribution in [0.15, 0.2) is 78.9 Å². The molecule has 140 valence electrons. The molecule has 0 spiro atoms. The zero-order valence-corrected chi connectivity index (χ0v) is 16.3. The highest BCUT2D eigenvalue weighted by atomic mass is 16.5. The third kappa shape index (κ3) is 6.58. The first-order valence-corrected chi connectivity index (χ1v) is 9.73. The Bertz CT molecular complexity index is 811. The van der Waals surface area contributed by atoms with E-state index >= 15 is 0 Å². The minimum atomic E-state index is 0.474. The van der Waals surface area contributed by atoms with Gasteiger partial charge in [0, 0.05) is 12.6 Å². The molecular weight excluding hydrogens is 330 g/mol. The Labute approximate surface area is 163 Å². The maximum absolute atomic E-state index is 5.96. The van der Waals surface area contributed by atoms with Gasteiger partial charge in [0.15, 0.2) is 0 Å². The number of hydrogen-bond donors (Lipinski definition) is 1. The number of rotatable bonds is 9. The molecule has 0 heterocycles. The van der Waals surface area contributed by atoms with Crippen LogP contribution < -0.4 is 10.1 Å². The Morgan fingerprint density at radius 2 is 1.56 bits per heavy atom. The van der Waals surface area contributed by atoms with Crippen LogP contribution in [0.2, 0.25) is 0 Å². The molecule has 1 N–H and O–H groups in total. The van der Waals surface area contributed by atoms with Crippen molar-refractivity contribution < 1.29 is 4.74 Å². The first-order chi connectivity index (χ1) is 13.2. The molecule has 0 bridgehead atoms. The van der Waals surface area contributed by atoms with Gasteiger partial charge in [-0.25, -0.2) is 0 Å². The lowest BCUT2D eigenvalue weighted by molar-refractivity contribution is 0.306. The molecule has 0 unspecified atom stereocenters. The van der Waals surface area contributed by atoms with Gasteiger partial charge in [0.25, 0.3) is 0 Å². The quantitative estimate of drug-likeness (QED) is 0.530. The van der Waals surface area contributed by atoms with Crippen LogP contribution in [0, 0.1) is 6.92 Å². The van der Waals surface area contributed by atoms with Crippen molar-refractivity contribution in [2.75, 3.05) is 0 Å². The fraction of sp³-hybridized carbons (Fsp3) is 0.280. The third-order valence-electron chi connectivity index (χ3n) is 4.79. The van der Waals surface area contributed by atoms with Crippen molar-refractivity contribution >= 4 is 0 Å². The van der Waals surface area contributed by atoms with Crippen molar-refractivity contribution in [3.63, 3.8) is 0 Å². The third-order valence-corrected chi connectivity index (χ3v) is 4.79. The number of nitrogens with one attached hydrogen (secondary N) is 1. The van der Waals surface area contributed by atoms with Crippen LogP contribution in [0.25, 0.3) is 0 Å². The van der Waals surface area contributed by atoms with Crippen molar-refractivity contribution in [1.82, 2.24) is 5.32 Å². The standard InChI is InChI=1S/C25H29NO/c1-20-11-14-23(15-12-20)19-27-25-10-6-9-24(17-25)18-26-21(2)13-16-22-7-4-3-5-8-22/h3-12,14-15,17,21,26H,13,16,18-19H2,1-2H3/t21-/m0/s1. The highest BCUT2D eigenvalue weighted by Gasteiger charge is 2.04. The van der Waals surface area contributed by atoms with Crippen LogP contribution in [0.4, 0.5) is 0 Å². The van der Waals surface area contributed by atoms with Crippen molar-refractivity contribution in [1.29, 1.82) is 0 Å². The first kappa shape index (κ1) is 19.2. The van der Waals surface area contributed by atoms with E-state index < -0.39 is 0 Å². The monoisotopic (exact) mass is 359 g/mol. The molecule has 3 aromatic rings. The molecule has 0 aliphatic carbocycles. The summed E-state index contributed by atoms with van der Waals surface area (Å²) in [7, 11) is 0. The molecule has 0 fully saturated rings. The van der Waals surface area contributed by atoms with E-state index in [0.717, 1.165) is 25.1 Å². The predicted octanol–water partition coefficient (Wildman–Crippen LogP) is 5.68. The van der Waals surface area contributed by atoms with Gasteiger partial charge in [0.2, 0.25) is 0 Å². The summed E-state index contributed by atoms with van der Waals surface area (Å²) in [6.07, 6.45) is 2.24. The van der Waals surface area contributed by atoms with Gasteiger partial charge < -0.3 is 10.1 Å².